The van der Waals surface area contributed by atoms with E-state index < -0.39 is 0 Å². The standard InChI is InChI=1S/C14H27NO2/c1-5-14(6-2)15-11-12(3,4)13(17-14)7-9-16-10-8-13/h15H,5-11H2,1-4H3. The summed E-state index contributed by atoms with van der Waals surface area (Å²) in [7, 11) is 0. The van der Waals surface area contributed by atoms with E-state index in [0.29, 0.717) is 0 Å². The van der Waals surface area contributed by atoms with Crippen molar-refractivity contribution in [3.63, 3.8) is 0 Å². The van der Waals surface area contributed by atoms with Crippen molar-refractivity contribution in [3.05, 3.63) is 0 Å². The molecule has 3 nitrogen and oxygen atoms in total. The van der Waals surface area contributed by atoms with Gasteiger partial charge in [-0.25, -0.2) is 0 Å². The number of hydrogen-bond acceptors (Lipinski definition) is 3. The van der Waals surface area contributed by atoms with Crippen LogP contribution < -0.4 is 5.32 Å². The first-order valence-electron chi connectivity index (χ1n) is 7.02. The largest absolute Gasteiger partial charge is 0.381 e. The fraction of sp³-hybridized carbons (Fsp3) is 1.00. The van der Waals surface area contributed by atoms with Crippen LogP contribution in [0.2, 0.25) is 0 Å². The summed E-state index contributed by atoms with van der Waals surface area (Å²) in [4.78, 5) is 0. The molecule has 2 fully saturated rings. The van der Waals surface area contributed by atoms with E-state index in [4.69, 9.17) is 9.47 Å². The Morgan fingerprint density at radius 3 is 2.18 bits per heavy atom. The minimum absolute atomic E-state index is 0.00250. The first kappa shape index (κ1) is 13.3. The van der Waals surface area contributed by atoms with Gasteiger partial charge in [-0.2, -0.15) is 0 Å². The summed E-state index contributed by atoms with van der Waals surface area (Å²) in [6.07, 6.45) is 4.12. The van der Waals surface area contributed by atoms with E-state index in [1.165, 1.54) is 0 Å². The lowest BCUT2D eigenvalue weighted by Crippen LogP contribution is -2.68. The van der Waals surface area contributed by atoms with E-state index in [2.05, 4.69) is 33.0 Å². The molecule has 1 N–H and O–H groups in total. The molecule has 2 aliphatic heterocycles. The highest BCUT2D eigenvalue weighted by Gasteiger charge is 2.54. The Balaban J connectivity index is 2.25. The van der Waals surface area contributed by atoms with Gasteiger partial charge in [0.05, 0.1) is 5.60 Å². The molecule has 17 heavy (non-hydrogen) atoms. The van der Waals surface area contributed by atoms with Crippen molar-refractivity contribution in [2.45, 2.75) is 64.7 Å². The minimum Gasteiger partial charge on any atom is -0.381 e. The molecule has 2 rings (SSSR count). The fourth-order valence-electron chi connectivity index (χ4n) is 3.22. The van der Waals surface area contributed by atoms with Crippen molar-refractivity contribution in [1.82, 2.24) is 5.32 Å². The Hall–Kier alpha value is -0.120. The zero-order valence-electron chi connectivity index (χ0n) is 11.8. The molecule has 0 saturated carbocycles. The summed E-state index contributed by atoms with van der Waals surface area (Å²) in [5.41, 5.74) is 0.0694. The lowest BCUT2D eigenvalue weighted by Gasteiger charge is -2.58. The zero-order valence-corrected chi connectivity index (χ0v) is 11.8. The molecule has 2 heterocycles. The second kappa shape index (κ2) is 4.52. The van der Waals surface area contributed by atoms with E-state index in [9.17, 15) is 0 Å². The molecule has 0 unspecified atom stereocenters. The number of hydrogen-bond donors (Lipinski definition) is 1. The summed E-state index contributed by atoms with van der Waals surface area (Å²) in [6.45, 7) is 11.8. The van der Waals surface area contributed by atoms with E-state index in [1.54, 1.807) is 0 Å². The topological polar surface area (TPSA) is 30.5 Å². The minimum atomic E-state index is -0.118. The molecule has 0 radical (unpaired) electrons. The van der Waals surface area contributed by atoms with Gasteiger partial charge in [0.1, 0.15) is 5.72 Å². The van der Waals surface area contributed by atoms with Crippen LogP contribution in [-0.4, -0.2) is 31.1 Å². The van der Waals surface area contributed by atoms with Crippen molar-refractivity contribution >= 4 is 0 Å². The van der Waals surface area contributed by atoms with Gasteiger partial charge in [0.25, 0.3) is 0 Å². The molecule has 3 heteroatoms. The van der Waals surface area contributed by atoms with Gasteiger partial charge in [0.15, 0.2) is 0 Å². The monoisotopic (exact) mass is 241 g/mol. The number of nitrogens with one attached hydrogen (secondary N) is 1. The van der Waals surface area contributed by atoms with Crippen LogP contribution in [0.5, 0.6) is 0 Å². The molecule has 0 aromatic carbocycles. The lowest BCUT2D eigenvalue weighted by molar-refractivity contribution is -0.276. The van der Waals surface area contributed by atoms with Crippen molar-refractivity contribution in [2.24, 2.45) is 5.41 Å². The quantitative estimate of drug-likeness (QED) is 0.806. The molecule has 0 aliphatic carbocycles. The van der Waals surface area contributed by atoms with E-state index >= 15 is 0 Å². The molecule has 0 atom stereocenters. The van der Waals surface area contributed by atoms with Gasteiger partial charge in [-0.05, 0) is 12.8 Å². The Morgan fingerprint density at radius 1 is 1.06 bits per heavy atom. The first-order chi connectivity index (χ1) is 7.99. The van der Waals surface area contributed by atoms with Crippen LogP contribution in [0.1, 0.15) is 53.4 Å². The zero-order chi connectivity index (χ0) is 12.6. The van der Waals surface area contributed by atoms with Gasteiger partial charge in [-0.1, -0.05) is 27.7 Å². The van der Waals surface area contributed by atoms with Gasteiger partial charge in [0.2, 0.25) is 0 Å². The third-order valence-corrected chi connectivity index (χ3v) is 4.92. The smallest absolute Gasteiger partial charge is 0.119 e. The Morgan fingerprint density at radius 2 is 1.65 bits per heavy atom. The van der Waals surface area contributed by atoms with Crippen LogP contribution in [0.25, 0.3) is 0 Å². The predicted octanol–water partition coefficient (Wildman–Crippen LogP) is 2.70. The van der Waals surface area contributed by atoms with Gasteiger partial charge < -0.3 is 9.47 Å². The highest BCUT2D eigenvalue weighted by molar-refractivity contribution is 5.04. The van der Waals surface area contributed by atoms with Crippen LogP contribution in [0.3, 0.4) is 0 Å². The highest BCUT2D eigenvalue weighted by Crippen LogP contribution is 2.47. The summed E-state index contributed by atoms with van der Waals surface area (Å²) in [5, 5.41) is 3.63. The summed E-state index contributed by atoms with van der Waals surface area (Å²) >= 11 is 0. The van der Waals surface area contributed by atoms with Gasteiger partial charge in [-0.15, -0.1) is 0 Å². The molecule has 2 saturated heterocycles. The fourth-order valence-corrected chi connectivity index (χ4v) is 3.22. The van der Waals surface area contributed by atoms with Crippen LogP contribution in [0.4, 0.5) is 0 Å². The van der Waals surface area contributed by atoms with Crippen LogP contribution in [-0.2, 0) is 9.47 Å². The predicted molar refractivity (Wildman–Crippen MR) is 69.0 cm³/mol. The summed E-state index contributed by atoms with van der Waals surface area (Å²) in [6, 6.07) is 0. The Kier molecular flexibility index (Phi) is 3.54. The van der Waals surface area contributed by atoms with Crippen molar-refractivity contribution < 1.29 is 9.47 Å². The highest BCUT2D eigenvalue weighted by atomic mass is 16.6. The van der Waals surface area contributed by atoms with Gasteiger partial charge in [-0.3, -0.25) is 5.32 Å². The van der Waals surface area contributed by atoms with E-state index in [1.807, 2.05) is 0 Å². The molecule has 2 aliphatic rings. The van der Waals surface area contributed by atoms with Crippen LogP contribution >= 0.6 is 0 Å². The first-order valence-corrected chi connectivity index (χ1v) is 7.02. The maximum Gasteiger partial charge on any atom is 0.119 e. The SMILES string of the molecule is CCC1(CC)NCC(C)(C)C2(CCOCC2)O1. The second-order valence-electron chi connectivity index (χ2n) is 6.15. The number of ether oxygens (including phenoxy) is 2. The normalized spacial score (nSPS) is 30.4. The third-order valence-electron chi connectivity index (χ3n) is 4.92. The maximum atomic E-state index is 6.62. The Labute approximate surface area is 105 Å². The van der Waals surface area contributed by atoms with Crippen LogP contribution in [0, 0.1) is 5.41 Å². The molecule has 1 spiro atoms. The molecule has 0 amide bonds. The third kappa shape index (κ3) is 2.13. The van der Waals surface area contributed by atoms with E-state index in [0.717, 1.165) is 45.4 Å². The Bertz CT molecular complexity index is 265. The molecule has 100 valence electrons. The van der Waals surface area contributed by atoms with E-state index in [-0.39, 0.29) is 16.7 Å². The van der Waals surface area contributed by atoms with Crippen molar-refractivity contribution in [3.8, 4) is 0 Å². The summed E-state index contributed by atoms with van der Waals surface area (Å²) < 4.78 is 12.2. The van der Waals surface area contributed by atoms with Crippen molar-refractivity contribution in [2.75, 3.05) is 19.8 Å². The van der Waals surface area contributed by atoms with Crippen LogP contribution in [0.15, 0.2) is 0 Å². The molecular weight excluding hydrogens is 214 g/mol. The molecule has 0 bridgehead atoms. The van der Waals surface area contributed by atoms with Gasteiger partial charge in [0, 0.05) is 38.0 Å². The molecule has 0 aromatic rings. The molecular formula is C14H27NO2. The summed E-state index contributed by atoms with van der Waals surface area (Å²) in [5.74, 6) is 0. The van der Waals surface area contributed by atoms with Gasteiger partial charge >= 0.3 is 0 Å². The second-order valence-corrected chi connectivity index (χ2v) is 6.15. The number of rotatable bonds is 2. The molecule has 0 aromatic heterocycles. The average Bonchev–Trinajstić information content (AvgIpc) is 2.35. The maximum absolute atomic E-state index is 6.62. The lowest BCUT2D eigenvalue weighted by atomic mass is 9.68. The average molecular weight is 241 g/mol. The van der Waals surface area contributed by atoms with Crippen molar-refractivity contribution in [1.29, 1.82) is 0 Å².